The van der Waals surface area contributed by atoms with Gasteiger partial charge in [-0.05, 0) is 18.2 Å². The lowest BCUT2D eigenvalue weighted by Crippen LogP contribution is -2.23. The molecule has 0 spiro atoms. The SMILES string of the molecule is NC(=O)c1ccccc1OCC#CCNC(=O)c1cccc([N+](=O)[O-])c1. The fourth-order valence-electron chi connectivity index (χ4n) is 2.01. The highest BCUT2D eigenvalue weighted by Gasteiger charge is 2.10. The van der Waals surface area contributed by atoms with Crippen molar-refractivity contribution in [3.8, 4) is 17.6 Å². The predicted molar refractivity (Wildman–Crippen MR) is 93.7 cm³/mol. The van der Waals surface area contributed by atoms with Gasteiger partial charge in [-0.25, -0.2) is 0 Å². The molecule has 2 rings (SSSR count). The van der Waals surface area contributed by atoms with Gasteiger partial charge in [0.2, 0.25) is 0 Å². The number of nitrogens with two attached hydrogens (primary N) is 1. The van der Waals surface area contributed by atoms with Crippen LogP contribution in [0.4, 0.5) is 5.69 Å². The quantitative estimate of drug-likeness (QED) is 0.463. The van der Waals surface area contributed by atoms with Crippen LogP contribution in [0.25, 0.3) is 0 Å². The number of ether oxygens (including phenoxy) is 1. The summed E-state index contributed by atoms with van der Waals surface area (Å²) in [6.07, 6.45) is 0. The van der Waals surface area contributed by atoms with Crippen molar-refractivity contribution in [3.05, 3.63) is 69.8 Å². The van der Waals surface area contributed by atoms with Crippen molar-refractivity contribution in [1.29, 1.82) is 0 Å². The van der Waals surface area contributed by atoms with Crippen molar-refractivity contribution in [2.75, 3.05) is 13.2 Å². The molecule has 0 radical (unpaired) electrons. The summed E-state index contributed by atoms with van der Waals surface area (Å²) in [5.74, 6) is 4.63. The highest BCUT2D eigenvalue weighted by Crippen LogP contribution is 2.16. The van der Waals surface area contributed by atoms with Crippen molar-refractivity contribution < 1.29 is 19.2 Å². The molecule has 0 saturated heterocycles. The highest BCUT2D eigenvalue weighted by atomic mass is 16.6. The zero-order valence-corrected chi connectivity index (χ0v) is 13.6. The lowest BCUT2D eigenvalue weighted by atomic mass is 10.2. The molecule has 0 bridgehead atoms. The zero-order chi connectivity index (χ0) is 18.9. The van der Waals surface area contributed by atoms with Crippen LogP contribution >= 0.6 is 0 Å². The molecular weight excluding hydrogens is 338 g/mol. The van der Waals surface area contributed by atoms with Gasteiger partial charge in [0.1, 0.15) is 12.4 Å². The van der Waals surface area contributed by atoms with E-state index in [1.54, 1.807) is 24.3 Å². The third-order valence-electron chi connectivity index (χ3n) is 3.23. The Morgan fingerprint density at radius 2 is 1.92 bits per heavy atom. The molecule has 0 aliphatic rings. The number of benzene rings is 2. The van der Waals surface area contributed by atoms with Crippen LogP contribution in [0.5, 0.6) is 5.75 Å². The van der Waals surface area contributed by atoms with E-state index in [0.29, 0.717) is 5.75 Å². The Labute approximate surface area is 149 Å². The van der Waals surface area contributed by atoms with Crippen LogP contribution in [0.15, 0.2) is 48.5 Å². The minimum atomic E-state index is -0.599. The van der Waals surface area contributed by atoms with Crippen molar-refractivity contribution in [2.45, 2.75) is 0 Å². The Kier molecular flexibility index (Phi) is 6.28. The molecule has 0 fully saturated rings. The second kappa shape index (κ2) is 8.84. The molecule has 0 heterocycles. The number of carbonyl (C=O) groups excluding carboxylic acids is 2. The first-order valence-electron chi connectivity index (χ1n) is 7.49. The molecule has 0 aromatic heterocycles. The van der Waals surface area contributed by atoms with Gasteiger partial charge >= 0.3 is 0 Å². The Balaban J connectivity index is 1.84. The van der Waals surface area contributed by atoms with Crippen LogP contribution in [0.3, 0.4) is 0 Å². The van der Waals surface area contributed by atoms with E-state index in [-0.39, 0.29) is 30.0 Å². The van der Waals surface area contributed by atoms with Gasteiger partial charge < -0.3 is 15.8 Å². The summed E-state index contributed by atoms with van der Waals surface area (Å²) < 4.78 is 5.37. The summed E-state index contributed by atoms with van der Waals surface area (Å²) in [7, 11) is 0. The Morgan fingerprint density at radius 3 is 2.65 bits per heavy atom. The predicted octanol–water partition coefficient (Wildman–Crippen LogP) is 1.51. The molecule has 0 aliphatic heterocycles. The first-order chi connectivity index (χ1) is 12.5. The summed E-state index contributed by atoms with van der Waals surface area (Å²) >= 11 is 0. The number of nitro benzene ring substituents is 1. The van der Waals surface area contributed by atoms with E-state index in [0.717, 1.165) is 0 Å². The largest absolute Gasteiger partial charge is 0.480 e. The summed E-state index contributed by atoms with van der Waals surface area (Å²) in [6, 6.07) is 11.9. The second-order valence-electron chi connectivity index (χ2n) is 4.99. The normalized spacial score (nSPS) is 9.54. The number of nitro groups is 1. The average Bonchev–Trinajstić information content (AvgIpc) is 2.64. The van der Waals surface area contributed by atoms with Gasteiger partial charge in [-0.3, -0.25) is 19.7 Å². The molecule has 0 atom stereocenters. The molecule has 8 heteroatoms. The van der Waals surface area contributed by atoms with Crippen LogP contribution < -0.4 is 15.8 Å². The maximum absolute atomic E-state index is 11.9. The molecule has 8 nitrogen and oxygen atoms in total. The Hall–Kier alpha value is -3.86. The van der Waals surface area contributed by atoms with Crippen molar-refractivity contribution in [3.63, 3.8) is 0 Å². The molecule has 2 aromatic carbocycles. The summed E-state index contributed by atoms with van der Waals surface area (Å²) in [6.45, 7) is 0.0549. The molecule has 0 saturated carbocycles. The lowest BCUT2D eigenvalue weighted by molar-refractivity contribution is -0.384. The van der Waals surface area contributed by atoms with E-state index in [4.69, 9.17) is 10.5 Å². The number of primary amides is 1. The molecule has 0 unspecified atom stereocenters. The average molecular weight is 353 g/mol. The third kappa shape index (κ3) is 5.07. The van der Waals surface area contributed by atoms with E-state index in [2.05, 4.69) is 17.2 Å². The number of nitrogens with zero attached hydrogens (tertiary/aromatic N) is 1. The number of carbonyl (C=O) groups is 2. The maximum Gasteiger partial charge on any atom is 0.270 e. The van der Waals surface area contributed by atoms with Crippen molar-refractivity contribution in [1.82, 2.24) is 5.32 Å². The van der Waals surface area contributed by atoms with Crippen LogP contribution in [0.1, 0.15) is 20.7 Å². The highest BCUT2D eigenvalue weighted by molar-refractivity contribution is 5.95. The van der Waals surface area contributed by atoms with Gasteiger partial charge in [-0.2, -0.15) is 0 Å². The number of amides is 2. The second-order valence-corrected chi connectivity index (χ2v) is 4.99. The van der Waals surface area contributed by atoms with E-state index in [9.17, 15) is 19.7 Å². The summed E-state index contributed by atoms with van der Waals surface area (Å²) in [5, 5.41) is 13.2. The minimum Gasteiger partial charge on any atom is -0.480 e. The number of non-ortho nitro benzene ring substituents is 1. The molecular formula is C18H15N3O5. The number of hydrogen-bond acceptors (Lipinski definition) is 5. The van der Waals surface area contributed by atoms with Gasteiger partial charge in [-0.15, -0.1) is 0 Å². The maximum atomic E-state index is 11.9. The van der Waals surface area contributed by atoms with Crippen LogP contribution in [0.2, 0.25) is 0 Å². The number of hydrogen-bond donors (Lipinski definition) is 2. The van der Waals surface area contributed by atoms with Gasteiger partial charge in [-0.1, -0.05) is 30.0 Å². The molecule has 0 aliphatic carbocycles. The Morgan fingerprint density at radius 1 is 1.15 bits per heavy atom. The molecule has 2 aromatic rings. The number of rotatable bonds is 6. The smallest absolute Gasteiger partial charge is 0.270 e. The van der Waals surface area contributed by atoms with E-state index >= 15 is 0 Å². The third-order valence-corrected chi connectivity index (χ3v) is 3.23. The molecule has 3 N–H and O–H groups in total. The molecule has 26 heavy (non-hydrogen) atoms. The van der Waals surface area contributed by atoms with Gasteiger partial charge in [0.25, 0.3) is 17.5 Å². The first-order valence-corrected chi connectivity index (χ1v) is 7.49. The topological polar surface area (TPSA) is 125 Å². The molecule has 132 valence electrons. The van der Waals surface area contributed by atoms with Crippen molar-refractivity contribution in [2.24, 2.45) is 5.73 Å². The van der Waals surface area contributed by atoms with Crippen LogP contribution in [0, 0.1) is 22.0 Å². The van der Waals surface area contributed by atoms with Crippen molar-refractivity contribution >= 4 is 17.5 Å². The van der Waals surface area contributed by atoms with Gasteiger partial charge in [0.15, 0.2) is 0 Å². The Bertz CT molecular complexity index is 899. The number of para-hydroxylation sites is 1. The standard InChI is InChI=1S/C18H15N3O5/c19-17(22)15-8-1-2-9-16(15)26-11-4-3-10-20-18(23)13-6-5-7-14(12-13)21(24)25/h1-2,5-9,12H,10-11H2,(H2,19,22)(H,20,23). The zero-order valence-electron chi connectivity index (χ0n) is 13.6. The first kappa shape index (κ1) is 18.5. The van der Waals surface area contributed by atoms with Crippen LogP contribution in [-0.2, 0) is 0 Å². The van der Waals surface area contributed by atoms with E-state index in [1.807, 2.05) is 0 Å². The summed E-state index contributed by atoms with van der Waals surface area (Å²) in [5.41, 5.74) is 5.51. The van der Waals surface area contributed by atoms with Gasteiger partial charge in [0, 0.05) is 17.7 Å². The fourth-order valence-corrected chi connectivity index (χ4v) is 2.01. The fraction of sp³-hybridized carbons (Fsp3) is 0.111. The van der Waals surface area contributed by atoms with E-state index < -0.39 is 16.7 Å². The summed E-state index contributed by atoms with van der Waals surface area (Å²) in [4.78, 5) is 33.3. The molecule has 2 amide bonds. The van der Waals surface area contributed by atoms with E-state index in [1.165, 1.54) is 24.3 Å². The lowest BCUT2D eigenvalue weighted by Gasteiger charge is -2.05. The van der Waals surface area contributed by atoms with Gasteiger partial charge in [0.05, 0.1) is 17.0 Å². The monoisotopic (exact) mass is 353 g/mol. The number of nitrogens with one attached hydrogen (secondary N) is 1. The minimum absolute atomic E-state index is 0.0109. The van der Waals surface area contributed by atoms with Crippen LogP contribution in [-0.4, -0.2) is 29.9 Å².